The van der Waals surface area contributed by atoms with Gasteiger partial charge in [-0.25, -0.2) is 4.98 Å². The summed E-state index contributed by atoms with van der Waals surface area (Å²) in [6.07, 6.45) is 2.63. The summed E-state index contributed by atoms with van der Waals surface area (Å²) in [6.45, 7) is 1.83. The lowest BCUT2D eigenvalue weighted by Crippen LogP contribution is -2.50. The number of aromatic nitrogens is 2. The van der Waals surface area contributed by atoms with Crippen LogP contribution in [0, 0.1) is 0 Å². The summed E-state index contributed by atoms with van der Waals surface area (Å²) in [4.78, 5) is 47.4. The van der Waals surface area contributed by atoms with Gasteiger partial charge >= 0.3 is 0 Å². The Hall–Kier alpha value is -3.88. The van der Waals surface area contributed by atoms with E-state index in [0.717, 1.165) is 12.8 Å². The maximum Gasteiger partial charge on any atom is 0.261 e. The third-order valence-electron chi connectivity index (χ3n) is 6.87. The van der Waals surface area contributed by atoms with Gasteiger partial charge in [0.1, 0.15) is 17.3 Å². The number of nitrogens with zero attached hydrogens (tertiary/aromatic N) is 4. The Morgan fingerprint density at radius 2 is 1.58 bits per heavy atom. The normalized spacial score (nSPS) is 15.7. The van der Waals surface area contributed by atoms with Crippen LogP contribution in [0.5, 0.6) is 11.5 Å². The quantitative estimate of drug-likeness (QED) is 0.506. The molecule has 2 fully saturated rings. The first kappa shape index (κ1) is 23.8. The molecule has 2 aliphatic rings. The SMILES string of the molecule is COc1cc(OC)cc(C(=O)N2CCN(C(=O)CCc3nc4ccccc4c(=O)n3C3CC3)CC2)c1. The van der Waals surface area contributed by atoms with Crippen molar-refractivity contribution in [2.45, 2.75) is 31.7 Å². The number of amides is 2. The molecule has 3 aromatic rings. The first-order chi connectivity index (χ1) is 17.5. The van der Waals surface area contributed by atoms with Gasteiger partial charge in [0.2, 0.25) is 5.91 Å². The number of benzene rings is 2. The van der Waals surface area contributed by atoms with Gasteiger partial charge in [0, 0.05) is 56.7 Å². The molecule has 1 saturated carbocycles. The van der Waals surface area contributed by atoms with E-state index in [4.69, 9.17) is 14.5 Å². The number of carbonyl (C=O) groups is 2. The average Bonchev–Trinajstić information content (AvgIpc) is 3.76. The highest BCUT2D eigenvalue weighted by Gasteiger charge is 2.29. The van der Waals surface area contributed by atoms with Gasteiger partial charge < -0.3 is 19.3 Å². The average molecular weight is 491 g/mol. The van der Waals surface area contributed by atoms with E-state index >= 15 is 0 Å². The molecule has 0 unspecified atom stereocenters. The van der Waals surface area contributed by atoms with Crippen molar-refractivity contribution in [1.29, 1.82) is 0 Å². The van der Waals surface area contributed by atoms with E-state index in [0.29, 0.717) is 66.4 Å². The largest absolute Gasteiger partial charge is 0.497 e. The highest BCUT2D eigenvalue weighted by atomic mass is 16.5. The van der Waals surface area contributed by atoms with E-state index in [9.17, 15) is 14.4 Å². The minimum absolute atomic E-state index is 0.00917. The van der Waals surface area contributed by atoms with Crippen molar-refractivity contribution in [2.24, 2.45) is 0 Å². The molecule has 36 heavy (non-hydrogen) atoms. The summed E-state index contributed by atoms with van der Waals surface area (Å²) in [5.41, 5.74) is 1.14. The molecule has 2 aromatic carbocycles. The summed E-state index contributed by atoms with van der Waals surface area (Å²) < 4.78 is 12.3. The number of para-hydroxylation sites is 1. The topological polar surface area (TPSA) is 94.0 Å². The van der Waals surface area contributed by atoms with E-state index in [1.807, 2.05) is 18.2 Å². The molecule has 9 nitrogen and oxygen atoms in total. The Kier molecular flexibility index (Phi) is 6.63. The first-order valence-corrected chi connectivity index (χ1v) is 12.3. The van der Waals surface area contributed by atoms with Crippen LogP contribution in [0.4, 0.5) is 0 Å². The van der Waals surface area contributed by atoms with Gasteiger partial charge in [0.05, 0.1) is 25.1 Å². The maximum absolute atomic E-state index is 13.0. The fraction of sp³-hybridized carbons (Fsp3) is 0.407. The molecule has 0 atom stereocenters. The number of carbonyl (C=O) groups excluding carboxylic acids is 2. The standard InChI is InChI=1S/C27H30N4O5/c1-35-20-15-18(16-21(17-20)36-2)26(33)30-13-11-29(12-14-30)25(32)10-9-24-28-23-6-4-3-5-22(23)27(34)31(24)19-7-8-19/h3-6,15-17,19H,7-14H2,1-2H3. The number of ether oxygens (including phenoxy) is 2. The Morgan fingerprint density at radius 3 is 2.22 bits per heavy atom. The summed E-state index contributed by atoms with van der Waals surface area (Å²) in [7, 11) is 3.09. The van der Waals surface area contributed by atoms with E-state index in [2.05, 4.69) is 0 Å². The molecule has 1 aliphatic carbocycles. The number of hydrogen-bond donors (Lipinski definition) is 0. The molecule has 1 aromatic heterocycles. The molecule has 0 N–H and O–H groups in total. The molecule has 0 bridgehead atoms. The van der Waals surface area contributed by atoms with Gasteiger partial charge in [-0.05, 0) is 37.1 Å². The van der Waals surface area contributed by atoms with E-state index in [-0.39, 0.29) is 29.8 Å². The van der Waals surface area contributed by atoms with Crippen molar-refractivity contribution in [2.75, 3.05) is 40.4 Å². The van der Waals surface area contributed by atoms with Crippen LogP contribution in [-0.2, 0) is 11.2 Å². The van der Waals surface area contributed by atoms with Gasteiger partial charge in [-0.15, -0.1) is 0 Å². The molecule has 1 saturated heterocycles. The van der Waals surface area contributed by atoms with Crippen LogP contribution < -0.4 is 15.0 Å². The smallest absolute Gasteiger partial charge is 0.261 e. The van der Waals surface area contributed by atoms with Crippen LogP contribution in [0.1, 0.15) is 41.5 Å². The van der Waals surface area contributed by atoms with Crippen molar-refractivity contribution in [3.63, 3.8) is 0 Å². The Morgan fingerprint density at radius 1 is 0.944 bits per heavy atom. The third kappa shape index (κ3) is 4.78. The zero-order valence-corrected chi connectivity index (χ0v) is 20.6. The zero-order chi connectivity index (χ0) is 25.2. The highest BCUT2D eigenvalue weighted by Crippen LogP contribution is 2.35. The molecule has 2 amide bonds. The number of aryl methyl sites for hydroxylation is 1. The second kappa shape index (κ2) is 10.0. The van der Waals surface area contributed by atoms with Gasteiger partial charge in [-0.2, -0.15) is 0 Å². The van der Waals surface area contributed by atoms with Crippen molar-refractivity contribution in [3.8, 4) is 11.5 Å². The Balaban J connectivity index is 1.22. The summed E-state index contributed by atoms with van der Waals surface area (Å²) in [5, 5.41) is 0.619. The molecule has 9 heteroatoms. The fourth-order valence-corrected chi connectivity index (χ4v) is 4.73. The third-order valence-corrected chi connectivity index (χ3v) is 6.87. The number of rotatable bonds is 7. The second-order valence-electron chi connectivity index (χ2n) is 9.23. The Labute approximate surface area is 209 Å². The first-order valence-electron chi connectivity index (χ1n) is 12.3. The molecule has 2 heterocycles. The zero-order valence-electron chi connectivity index (χ0n) is 20.6. The van der Waals surface area contributed by atoms with E-state index in [1.165, 1.54) is 0 Å². The predicted molar refractivity (Wildman–Crippen MR) is 135 cm³/mol. The predicted octanol–water partition coefficient (Wildman–Crippen LogP) is 2.67. The monoisotopic (exact) mass is 490 g/mol. The minimum Gasteiger partial charge on any atom is -0.497 e. The molecular weight excluding hydrogens is 460 g/mol. The van der Waals surface area contributed by atoms with Gasteiger partial charge in [0.25, 0.3) is 11.5 Å². The minimum atomic E-state index is -0.117. The lowest BCUT2D eigenvalue weighted by molar-refractivity contribution is -0.132. The summed E-state index contributed by atoms with van der Waals surface area (Å²) in [5.74, 6) is 1.68. The van der Waals surface area contributed by atoms with Crippen molar-refractivity contribution >= 4 is 22.7 Å². The molecule has 0 radical (unpaired) electrons. The molecule has 0 spiro atoms. The lowest BCUT2D eigenvalue weighted by atomic mass is 10.1. The van der Waals surface area contributed by atoms with Gasteiger partial charge in [0.15, 0.2) is 0 Å². The number of methoxy groups -OCH3 is 2. The second-order valence-corrected chi connectivity index (χ2v) is 9.23. The summed E-state index contributed by atoms with van der Waals surface area (Å²) >= 11 is 0. The Bertz CT molecular complexity index is 1330. The van der Waals surface area contributed by atoms with Crippen LogP contribution in [0.3, 0.4) is 0 Å². The number of hydrogen-bond acceptors (Lipinski definition) is 6. The van der Waals surface area contributed by atoms with Crippen LogP contribution in [0.2, 0.25) is 0 Å². The lowest BCUT2D eigenvalue weighted by Gasteiger charge is -2.35. The molecule has 5 rings (SSSR count). The van der Waals surface area contributed by atoms with Crippen molar-refractivity contribution < 1.29 is 19.1 Å². The molecule has 188 valence electrons. The van der Waals surface area contributed by atoms with Crippen LogP contribution >= 0.6 is 0 Å². The van der Waals surface area contributed by atoms with Crippen molar-refractivity contribution in [3.05, 3.63) is 64.2 Å². The van der Waals surface area contributed by atoms with E-state index < -0.39 is 0 Å². The summed E-state index contributed by atoms with van der Waals surface area (Å²) in [6, 6.07) is 12.7. The number of fused-ring (bicyclic) bond motifs is 1. The van der Waals surface area contributed by atoms with Crippen LogP contribution in [-0.4, -0.2) is 71.6 Å². The highest BCUT2D eigenvalue weighted by molar-refractivity contribution is 5.95. The maximum atomic E-state index is 13.0. The van der Waals surface area contributed by atoms with Crippen LogP contribution in [0.15, 0.2) is 47.3 Å². The fourth-order valence-electron chi connectivity index (χ4n) is 4.73. The van der Waals surface area contributed by atoms with Gasteiger partial charge in [-0.1, -0.05) is 12.1 Å². The van der Waals surface area contributed by atoms with Crippen LogP contribution in [0.25, 0.3) is 10.9 Å². The van der Waals surface area contributed by atoms with Crippen molar-refractivity contribution in [1.82, 2.24) is 19.4 Å². The van der Waals surface area contributed by atoms with E-state index in [1.54, 1.807) is 52.9 Å². The number of piperazine rings is 1. The van der Waals surface area contributed by atoms with Gasteiger partial charge in [-0.3, -0.25) is 19.0 Å². The molecule has 1 aliphatic heterocycles. The molecular formula is C27H30N4O5.